The van der Waals surface area contributed by atoms with Crippen molar-refractivity contribution in [3.63, 3.8) is 0 Å². The molecule has 1 atom stereocenters. The highest BCUT2D eigenvalue weighted by Crippen LogP contribution is 2.60. The molecule has 6 nitrogen and oxygen atoms in total. The molecule has 27 heavy (non-hydrogen) atoms. The molecule has 0 aromatic rings. The minimum atomic E-state index is -0.447. The number of nitrogens with one attached hydrogen (secondary N) is 3. The van der Waals surface area contributed by atoms with Crippen LogP contribution in [0.15, 0.2) is 0 Å². The third kappa shape index (κ3) is 3.88. The van der Waals surface area contributed by atoms with Crippen LogP contribution in [0.2, 0.25) is 0 Å². The van der Waals surface area contributed by atoms with E-state index >= 15 is 0 Å². The van der Waals surface area contributed by atoms with Crippen LogP contribution < -0.4 is 15.6 Å². The van der Waals surface area contributed by atoms with Crippen LogP contribution in [0.1, 0.15) is 52.4 Å². The Morgan fingerprint density at radius 3 is 2.00 bits per heavy atom. The van der Waals surface area contributed by atoms with E-state index in [-0.39, 0.29) is 23.1 Å². The van der Waals surface area contributed by atoms with E-state index in [1.165, 1.54) is 24.2 Å². The summed E-state index contributed by atoms with van der Waals surface area (Å²) in [7, 11) is 2.18. The highest BCUT2D eigenvalue weighted by molar-refractivity contribution is 5.90. The molecule has 0 unspecified atom stereocenters. The van der Waals surface area contributed by atoms with Crippen molar-refractivity contribution in [1.82, 2.24) is 15.8 Å². The molecule has 2 amide bonds. The molecule has 4 saturated carbocycles. The van der Waals surface area contributed by atoms with Gasteiger partial charge in [0, 0.05) is 5.41 Å². The van der Waals surface area contributed by atoms with Crippen LogP contribution >= 0.6 is 0 Å². The van der Waals surface area contributed by atoms with Gasteiger partial charge < -0.3 is 10.2 Å². The molecule has 0 spiro atoms. The van der Waals surface area contributed by atoms with Crippen molar-refractivity contribution < 1.29 is 14.5 Å². The molecule has 3 N–H and O–H groups in total. The van der Waals surface area contributed by atoms with E-state index in [4.69, 9.17) is 0 Å². The third-order valence-electron chi connectivity index (χ3n) is 7.64. The molecule has 0 aromatic heterocycles. The fourth-order valence-corrected chi connectivity index (χ4v) is 6.44. The number of amides is 2. The summed E-state index contributed by atoms with van der Waals surface area (Å²) in [6.45, 7) is 7.85. The number of carbonyl (C=O) groups is 2. The number of rotatable bonds is 5. The van der Waals surface area contributed by atoms with Crippen molar-refractivity contribution in [2.24, 2.45) is 29.1 Å². The van der Waals surface area contributed by atoms with E-state index in [2.05, 4.69) is 17.8 Å². The standard InChI is InChI=1S/C21H36N4O2/c1-14(2)18(19(26)23-25-6-4-24(3)5-7-25)22-20(27)21-11-15-8-16(12-21)10-17(9-15)13-21/h14-18H,4-13H2,1-3H3,(H,22,27)(H,23,26)/p+1/t15?,16?,17?,18-,21?/m1/s1. The third-order valence-corrected chi connectivity index (χ3v) is 7.64. The molecule has 0 aromatic carbocycles. The van der Waals surface area contributed by atoms with E-state index in [0.29, 0.717) is 0 Å². The lowest BCUT2D eigenvalue weighted by Gasteiger charge is -2.55. The minimum Gasteiger partial charge on any atom is -0.344 e. The lowest BCUT2D eigenvalue weighted by atomic mass is 9.49. The topological polar surface area (TPSA) is 65.9 Å². The Bertz CT molecular complexity index is 547. The van der Waals surface area contributed by atoms with E-state index in [9.17, 15) is 9.59 Å². The number of hydrazine groups is 1. The van der Waals surface area contributed by atoms with Crippen LogP contribution in [-0.2, 0) is 9.59 Å². The molecule has 5 rings (SSSR count). The summed E-state index contributed by atoms with van der Waals surface area (Å²) in [5.41, 5.74) is 2.87. The number of hydrogen-bond acceptors (Lipinski definition) is 3. The van der Waals surface area contributed by atoms with E-state index < -0.39 is 6.04 Å². The molecule has 5 aliphatic rings. The second kappa shape index (κ2) is 7.36. The van der Waals surface area contributed by atoms with Gasteiger partial charge in [-0.15, -0.1) is 0 Å². The maximum absolute atomic E-state index is 13.3. The van der Waals surface area contributed by atoms with Gasteiger partial charge in [-0.2, -0.15) is 0 Å². The number of quaternary nitrogens is 1. The molecule has 6 heteroatoms. The molecule has 152 valence electrons. The molecular formula is C21H37N4O2+. The first-order valence-electron chi connectivity index (χ1n) is 11.0. The monoisotopic (exact) mass is 377 g/mol. The molecule has 1 saturated heterocycles. The molecule has 4 aliphatic carbocycles. The number of hydrogen-bond donors (Lipinski definition) is 3. The Morgan fingerprint density at radius 2 is 1.52 bits per heavy atom. The number of likely N-dealkylation sites (N-methyl/N-ethyl adjacent to an activating group) is 1. The predicted molar refractivity (Wildman–Crippen MR) is 104 cm³/mol. The highest BCUT2D eigenvalue weighted by Gasteiger charge is 2.55. The maximum atomic E-state index is 13.3. The molecule has 1 aliphatic heterocycles. The van der Waals surface area contributed by atoms with Crippen LogP contribution in [0.4, 0.5) is 0 Å². The van der Waals surface area contributed by atoms with Crippen LogP contribution in [0.5, 0.6) is 0 Å². The minimum absolute atomic E-state index is 0.0531. The molecular weight excluding hydrogens is 340 g/mol. The van der Waals surface area contributed by atoms with Gasteiger partial charge in [0.1, 0.15) is 6.04 Å². The molecule has 5 fully saturated rings. The average molecular weight is 378 g/mol. The number of carbonyl (C=O) groups excluding carboxylic acids is 2. The SMILES string of the molecule is CC(C)[C@@H](NC(=O)C12CC3CC(CC(C3)C1)C2)C(=O)NN1CC[NH+](C)CC1. The first-order chi connectivity index (χ1) is 12.8. The van der Waals surface area contributed by atoms with Gasteiger partial charge >= 0.3 is 0 Å². The summed E-state index contributed by atoms with van der Waals surface area (Å²) < 4.78 is 0. The van der Waals surface area contributed by atoms with Gasteiger partial charge in [-0.3, -0.25) is 15.0 Å². The van der Waals surface area contributed by atoms with Crippen molar-refractivity contribution in [3.8, 4) is 0 Å². The van der Waals surface area contributed by atoms with Crippen molar-refractivity contribution >= 4 is 11.8 Å². The fourth-order valence-electron chi connectivity index (χ4n) is 6.44. The summed E-state index contributed by atoms with van der Waals surface area (Å²) in [5, 5.41) is 5.20. The van der Waals surface area contributed by atoms with Gasteiger partial charge in [-0.1, -0.05) is 13.8 Å². The van der Waals surface area contributed by atoms with E-state index in [1.807, 2.05) is 18.9 Å². The predicted octanol–water partition coefficient (Wildman–Crippen LogP) is 0.205. The Kier molecular flexibility index (Phi) is 5.23. The summed E-state index contributed by atoms with van der Waals surface area (Å²) in [4.78, 5) is 27.8. The van der Waals surface area contributed by atoms with Crippen molar-refractivity contribution in [3.05, 3.63) is 0 Å². The Hall–Kier alpha value is -1.14. The summed E-state index contributed by atoms with van der Waals surface area (Å²) >= 11 is 0. The lowest BCUT2D eigenvalue weighted by Crippen LogP contribution is -3.12. The molecule has 0 radical (unpaired) electrons. The summed E-state index contributed by atoms with van der Waals surface area (Å²) in [5.74, 6) is 2.39. The fraction of sp³-hybridized carbons (Fsp3) is 0.905. The Morgan fingerprint density at radius 1 is 1.00 bits per heavy atom. The van der Waals surface area contributed by atoms with Crippen molar-refractivity contribution in [1.29, 1.82) is 0 Å². The Balaban J connectivity index is 1.39. The summed E-state index contributed by atoms with van der Waals surface area (Å²) in [6, 6.07) is -0.447. The zero-order chi connectivity index (χ0) is 19.2. The van der Waals surface area contributed by atoms with Gasteiger partial charge in [0.2, 0.25) is 5.91 Å². The van der Waals surface area contributed by atoms with E-state index in [0.717, 1.165) is 63.2 Å². The summed E-state index contributed by atoms with van der Waals surface area (Å²) in [6.07, 6.45) is 7.10. The zero-order valence-corrected chi connectivity index (χ0v) is 17.2. The average Bonchev–Trinajstić information content (AvgIpc) is 2.59. The second-order valence-electron chi connectivity index (χ2n) is 10.3. The first-order valence-corrected chi connectivity index (χ1v) is 11.0. The maximum Gasteiger partial charge on any atom is 0.257 e. The Labute approximate surface area is 163 Å². The van der Waals surface area contributed by atoms with Crippen LogP contribution in [0.25, 0.3) is 0 Å². The van der Waals surface area contributed by atoms with Gasteiger partial charge in [-0.25, -0.2) is 5.01 Å². The first kappa shape index (κ1) is 19.2. The van der Waals surface area contributed by atoms with Crippen LogP contribution in [-0.4, -0.2) is 56.1 Å². The smallest absolute Gasteiger partial charge is 0.257 e. The molecule has 4 bridgehead atoms. The van der Waals surface area contributed by atoms with Crippen molar-refractivity contribution in [2.45, 2.75) is 58.4 Å². The largest absolute Gasteiger partial charge is 0.344 e. The van der Waals surface area contributed by atoms with Crippen molar-refractivity contribution in [2.75, 3.05) is 33.2 Å². The highest BCUT2D eigenvalue weighted by atomic mass is 16.2. The number of piperazine rings is 1. The van der Waals surface area contributed by atoms with E-state index in [1.54, 1.807) is 0 Å². The van der Waals surface area contributed by atoms with Gasteiger partial charge in [0.05, 0.1) is 33.2 Å². The molecule has 1 heterocycles. The second-order valence-corrected chi connectivity index (χ2v) is 10.3. The van der Waals surface area contributed by atoms with Gasteiger partial charge in [-0.05, 0) is 62.2 Å². The normalized spacial score (nSPS) is 37.4. The van der Waals surface area contributed by atoms with Crippen LogP contribution in [0, 0.1) is 29.1 Å². The quantitative estimate of drug-likeness (QED) is 0.642. The lowest BCUT2D eigenvalue weighted by molar-refractivity contribution is -0.884. The van der Waals surface area contributed by atoms with Crippen LogP contribution in [0.3, 0.4) is 0 Å². The van der Waals surface area contributed by atoms with Gasteiger partial charge in [0.15, 0.2) is 0 Å². The number of nitrogens with zero attached hydrogens (tertiary/aromatic N) is 1. The van der Waals surface area contributed by atoms with Gasteiger partial charge in [0.25, 0.3) is 5.91 Å². The zero-order valence-electron chi connectivity index (χ0n) is 17.2.